The first-order chi connectivity index (χ1) is 6.72. The Labute approximate surface area is 86.4 Å². The molecule has 0 aromatic carbocycles. The molecule has 0 bridgehead atoms. The van der Waals surface area contributed by atoms with Crippen molar-refractivity contribution in [3.8, 4) is 0 Å². The van der Waals surface area contributed by atoms with Gasteiger partial charge in [0.05, 0.1) is 6.61 Å². The standard InChI is InChI=1S/C10H22N2O2/c1-4-6-11-7-8-14-9(3)10(13)12-5-2/h9,11H,4-8H2,1-3H3,(H,12,13). The first-order valence-electron chi connectivity index (χ1n) is 5.32. The number of rotatable bonds is 8. The van der Waals surface area contributed by atoms with E-state index in [1.54, 1.807) is 6.92 Å². The Bertz CT molecular complexity index is 151. The van der Waals surface area contributed by atoms with Gasteiger partial charge >= 0.3 is 0 Å². The number of carbonyl (C=O) groups excluding carboxylic acids is 1. The Hall–Kier alpha value is -0.610. The van der Waals surface area contributed by atoms with Crippen LogP contribution in [0, 0.1) is 0 Å². The van der Waals surface area contributed by atoms with Gasteiger partial charge in [0.25, 0.3) is 0 Å². The largest absolute Gasteiger partial charge is 0.367 e. The first kappa shape index (κ1) is 13.4. The van der Waals surface area contributed by atoms with Gasteiger partial charge in [0.1, 0.15) is 6.10 Å². The second kappa shape index (κ2) is 8.97. The molecule has 0 spiro atoms. The van der Waals surface area contributed by atoms with Crippen LogP contribution in [0.2, 0.25) is 0 Å². The Morgan fingerprint density at radius 3 is 2.64 bits per heavy atom. The van der Waals surface area contributed by atoms with Gasteiger partial charge in [-0.3, -0.25) is 4.79 Å². The van der Waals surface area contributed by atoms with Crippen LogP contribution in [0.1, 0.15) is 27.2 Å². The van der Waals surface area contributed by atoms with Crippen LogP contribution in [0.15, 0.2) is 0 Å². The van der Waals surface area contributed by atoms with Gasteiger partial charge in [-0.05, 0) is 26.8 Å². The van der Waals surface area contributed by atoms with Crippen molar-refractivity contribution >= 4 is 5.91 Å². The number of likely N-dealkylation sites (N-methyl/N-ethyl adjacent to an activating group) is 1. The lowest BCUT2D eigenvalue weighted by molar-refractivity contribution is -0.131. The van der Waals surface area contributed by atoms with Gasteiger partial charge < -0.3 is 15.4 Å². The van der Waals surface area contributed by atoms with Crippen LogP contribution in [0.4, 0.5) is 0 Å². The molecule has 0 saturated carbocycles. The molecular weight excluding hydrogens is 180 g/mol. The number of amides is 1. The highest BCUT2D eigenvalue weighted by Gasteiger charge is 2.10. The molecule has 1 amide bonds. The fraction of sp³-hybridized carbons (Fsp3) is 0.900. The Kier molecular flexibility index (Phi) is 8.57. The summed E-state index contributed by atoms with van der Waals surface area (Å²) in [4.78, 5) is 11.2. The normalized spacial score (nSPS) is 12.5. The van der Waals surface area contributed by atoms with Gasteiger partial charge in [0.2, 0.25) is 5.91 Å². The summed E-state index contributed by atoms with van der Waals surface area (Å²) in [6.07, 6.45) is 0.768. The fourth-order valence-corrected chi connectivity index (χ4v) is 1.00. The summed E-state index contributed by atoms with van der Waals surface area (Å²) in [7, 11) is 0. The highest BCUT2D eigenvalue weighted by Crippen LogP contribution is 1.89. The zero-order chi connectivity index (χ0) is 10.8. The molecular formula is C10H22N2O2. The lowest BCUT2D eigenvalue weighted by Crippen LogP contribution is -2.35. The van der Waals surface area contributed by atoms with E-state index in [1.807, 2.05) is 6.92 Å². The van der Waals surface area contributed by atoms with Gasteiger partial charge in [-0.15, -0.1) is 0 Å². The van der Waals surface area contributed by atoms with E-state index >= 15 is 0 Å². The van der Waals surface area contributed by atoms with Crippen LogP contribution >= 0.6 is 0 Å². The highest BCUT2D eigenvalue weighted by atomic mass is 16.5. The van der Waals surface area contributed by atoms with Crippen LogP contribution in [0.5, 0.6) is 0 Å². The quantitative estimate of drug-likeness (QED) is 0.564. The molecule has 14 heavy (non-hydrogen) atoms. The van der Waals surface area contributed by atoms with E-state index in [2.05, 4.69) is 17.6 Å². The van der Waals surface area contributed by atoms with Crippen LogP contribution < -0.4 is 10.6 Å². The van der Waals surface area contributed by atoms with Crippen molar-refractivity contribution in [1.82, 2.24) is 10.6 Å². The van der Waals surface area contributed by atoms with Crippen molar-refractivity contribution in [2.24, 2.45) is 0 Å². The third kappa shape index (κ3) is 6.86. The third-order valence-corrected chi connectivity index (χ3v) is 1.79. The van der Waals surface area contributed by atoms with Crippen molar-refractivity contribution in [3.63, 3.8) is 0 Å². The Morgan fingerprint density at radius 2 is 2.07 bits per heavy atom. The predicted molar refractivity (Wildman–Crippen MR) is 57.3 cm³/mol. The van der Waals surface area contributed by atoms with E-state index in [4.69, 9.17) is 4.74 Å². The molecule has 0 aliphatic heterocycles. The summed E-state index contributed by atoms with van der Waals surface area (Å²) >= 11 is 0. The topological polar surface area (TPSA) is 50.4 Å². The summed E-state index contributed by atoms with van der Waals surface area (Å²) in [5.74, 6) is -0.0389. The van der Waals surface area contributed by atoms with E-state index in [0.29, 0.717) is 13.2 Å². The molecule has 2 N–H and O–H groups in total. The zero-order valence-corrected chi connectivity index (χ0v) is 9.43. The van der Waals surface area contributed by atoms with Gasteiger partial charge in [-0.1, -0.05) is 6.92 Å². The number of nitrogens with one attached hydrogen (secondary N) is 2. The summed E-state index contributed by atoms with van der Waals surface area (Å²) in [6.45, 7) is 8.82. The van der Waals surface area contributed by atoms with Crippen molar-refractivity contribution in [2.45, 2.75) is 33.3 Å². The molecule has 0 rings (SSSR count). The minimum atomic E-state index is -0.349. The average molecular weight is 202 g/mol. The zero-order valence-electron chi connectivity index (χ0n) is 9.43. The van der Waals surface area contributed by atoms with E-state index in [0.717, 1.165) is 19.5 Å². The fourth-order valence-electron chi connectivity index (χ4n) is 1.00. The summed E-state index contributed by atoms with van der Waals surface area (Å²) in [6, 6.07) is 0. The van der Waals surface area contributed by atoms with E-state index in [1.165, 1.54) is 0 Å². The van der Waals surface area contributed by atoms with Gasteiger partial charge in [0.15, 0.2) is 0 Å². The number of hydrogen-bond acceptors (Lipinski definition) is 3. The summed E-state index contributed by atoms with van der Waals surface area (Å²) < 4.78 is 5.33. The Balaban J connectivity index is 3.34. The lowest BCUT2D eigenvalue weighted by Gasteiger charge is -2.12. The SMILES string of the molecule is CCCNCCOC(C)C(=O)NCC. The molecule has 1 unspecified atom stereocenters. The minimum Gasteiger partial charge on any atom is -0.367 e. The second-order valence-corrected chi connectivity index (χ2v) is 3.16. The van der Waals surface area contributed by atoms with Crippen LogP contribution in [0.25, 0.3) is 0 Å². The monoisotopic (exact) mass is 202 g/mol. The van der Waals surface area contributed by atoms with E-state index < -0.39 is 0 Å². The van der Waals surface area contributed by atoms with Crippen molar-refractivity contribution in [2.75, 3.05) is 26.2 Å². The molecule has 4 nitrogen and oxygen atoms in total. The van der Waals surface area contributed by atoms with Crippen LogP contribution in [0.3, 0.4) is 0 Å². The molecule has 0 aliphatic rings. The summed E-state index contributed by atoms with van der Waals surface area (Å²) in [5.41, 5.74) is 0. The number of carbonyl (C=O) groups is 1. The molecule has 0 fully saturated rings. The number of ether oxygens (including phenoxy) is 1. The van der Waals surface area contributed by atoms with E-state index in [-0.39, 0.29) is 12.0 Å². The molecule has 0 aliphatic carbocycles. The van der Waals surface area contributed by atoms with Crippen LogP contribution in [-0.2, 0) is 9.53 Å². The maximum absolute atomic E-state index is 11.2. The second-order valence-electron chi connectivity index (χ2n) is 3.16. The molecule has 0 radical (unpaired) electrons. The molecule has 0 aromatic rings. The number of hydrogen-bond donors (Lipinski definition) is 2. The van der Waals surface area contributed by atoms with E-state index in [9.17, 15) is 4.79 Å². The third-order valence-electron chi connectivity index (χ3n) is 1.79. The molecule has 0 aromatic heterocycles. The molecule has 4 heteroatoms. The smallest absolute Gasteiger partial charge is 0.248 e. The first-order valence-corrected chi connectivity index (χ1v) is 5.32. The van der Waals surface area contributed by atoms with Gasteiger partial charge in [0, 0.05) is 13.1 Å². The summed E-state index contributed by atoms with van der Waals surface area (Å²) in [5, 5.41) is 5.92. The molecule has 1 atom stereocenters. The molecule has 0 saturated heterocycles. The lowest BCUT2D eigenvalue weighted by atomic mass is 10.4. The molecule has 84 valence electrons. The maximum Gasteiger partial charge on any atom is 0.248 e. The van der Waals surface area contributed by atoms with Crippen molar-refractivity contribution in [1.29, 1.82) is 0 Å². The predicted octanol–water partition coefficient (Wildman–Crippen LogP) is 0.527. The highest BCUT2D eigenvalue weighted by molar-refractivity contribution is 5.80. The van der Waals surface area contributed by atoms with Crippen molar-refractivity contribution < 1.29 is 9.53 Å². The van der Waals surface area contributed by atoms with Gasteiger partial charge in [-0.2, -0.15) is 0 Å². The van der Waals surface area contributed by atoms with Gasteiger partial charge in [-0.25, -0.2) is 0 Å². The maximum atomic E-state index is 11.2. The molecule has 0 heterocycles. The van der Waals surface area contributed by atoms with Crippen molar-refractivity contribution in [3.05, 3.63) is 0 Å². The Morgan fingerprint density at radius 1 is 1.36 bits per heavy atom. The minimum absolute atomic E-state index is 0.0389. The average Bonchev–Trinajstić information content (AvgIpc) is 2.17. The van der Waals surface area contributed by atoms with Crippen LogP contribution in [-0.4, -0.2) is 38.3 Å².